The first kappa shape index (κ1) is 34.0. The highest BCUT2D eigenvalue weighted by Crippen LogP contribution is 2.20. The van der Waals surface area contributed by atoms with E-state index in [4.69, 9.17) is 30.5 Å². The zero-order chi connectivity index (χ0) is 28.6. The van der Waals surface area contributed by atoms with Crippen LogP contribution in [0.1, 0.15) is 0 Å². The number of nitrogens with zero attached hydrogens (tertiary/aromatic N) is 4. The van der Waals surface area contributed by atoms with Gasteiger partial charge in [-0.05, 0) is 63.4 Å². The Bertz CT molecular complexity index is 948. The number of nitrogens with one attached hydrogen (secondary N) is 1. The molecule has 0 bridgehead atoms. The third-order valence-corrected chi connectivity index (χ3v) is 6.65. The predicted molar refractivity (Wildman–Crippen MR) is 164 cm³/mol. The van der Waals surface area contributed by atoms with E-state index in [2.05, 4.69) is 65.4 Å². The average molecular weight is 778 g/mol. The SMILES string of the molecule is Fc1cc(I)cc(N2CCOCC2)n1.NC[C@@H](O)CO.OC[C@H](O)CNc1cc(I)cc(N2CCOCC2)n1. The summed E-state index contributed by atoms with van der Waals surface area (Å²) >= 11 is 4.33. The van der Waals surface area contributed by atoms with Crippen molar-refractivity contribution in [3.05, 3.63) is 37.4 Å². The van der Waals surface area contributed by atoms with Crippen LogP contribution in [0, 0.1) is 13.1 Å². The molecule has 2 aromatic rings. The van der Waals surface area contributed by atoms with Crippen molar-refractivity contribution in [3.63, 3.8) is 0 Å². The first-order valence-corrected chi connectivity index (χ1v) is 14.6. The minimum Gasteiger partial charge on any atom is -0.394 e. The maximum absolute atomic E-state index is 13.0. The van der Waals surface area contributed by atoms with Gasteiger partial charge in [-0.2, -0.15) is 4.39 Å². The van der Waals surface area contributed by atoms with Crippen LogP contribution in [0.3, 0.4) is 0 Å². The molecule has 2 aromatic heterocycles. The minimum atomic E-state index is -0.772. The van der Waals surface area contributed by atoms with E-state index in [-0.39, 0.29) is 26.3 Å². The highest BCUT2D eigenvalue weighted by Gasteiger charge is 2.15. The highest BCUT2D eigenvalue weighted by atomic mass is 127. The molecule has 0 unspecified atom stereocenters. The molecule has 2 fully saturated rings. The van der Waals surface area contributed by atoms with Gasteiger partial charge in [0.1, 0.15) is 17.5 Å². The lowest BCUT2D eigenvalue weighted by atomic mass is 10.3. The van der Waals surface area contributed by atoms with E-state index < -0.39 is 18.2 Å². The van der Waals surface area contributed by atoms with E-state index in [0.29, 0.717) is 24.8 Å². The number of hydrogen-bond acceptors (Lipinski definition) is 12. The molecule has 0 radical (unpaired) electrons. The second-order valence-corrected chi connectivity index (χ2v) is 11.0. The molecule has 12 nitrogen and oxygen atoms in total. The number of ether oxygens (including phenoxy) is 2. The highest BCUT2D eigenvalue weighted by molar-refractivity contribution is 14.1. The van der Waals surface area contributed by atoms with Gasteiger partial charge in [0.2, 0.25) is 5.95 Å². The van der Waals surface area contributed by atoms with Gasteiger partial charge in [0.05, 0.1) is 51.8 Å². The lowest BCUT2D eigenvalue weighted by Crippen LogP contribution is -2.37. The van der Waals surface area contributed by atoms with Crippen LogP contribution in [0.2, 0.25) is 0 Å². The zero-order valence-electron chi connectivity index (χ0n) is 21.6. The fourth-order valence-electron chi connectivity index (χ4n) is 3.30. The number of morpholine rings is 2. The summed E-state index contributed by atoms with van der Waals surface area (Å²) < 4.78 is 25.5. The van der Waals surface area contributed by atoms with Gasteiger partial charge in [-0.3, -0.25) is 0 Å². The van der Waals surface area contributed by atoms with Crippen molar-refractivity contribution in [1.29, 1.82) is 0 Å². The van der Waals surface area contributed by atoms with Crippen LogP contribution < -0.4 is 20.9 Å². The molecule has 2 atom stereocenters. The van der Waals surface area contributed by atoms with Gasteiger partial charge in [-0.15, -0.1) is 0 Å². The Hall–Kier alpha value is -1.19. The van der Waals surface area contributed by atoms with Crippen molar-refractivity contribution in [2.45, 2.75) is 12.2 Å². The van der Waals surface area contributed by atoms with Gasteiger partial charge in [0, 0.05) is 52.5 Å². The van der Waals surface area contributed by atoms with Crippen molar-refractivity contribution in [1.82, 2.24) is 9.97 Å². The van der Waals surface area contributed by atoms with Crippen molar-refractivity contribution in [2.75, 3.05) is 94.0 Å². The monoisotopic (exact) mass is 778 g/mol. The Kier molecular flexibility index (Phi) is 16.6. The quantitative estimate of drug-likeness (QED) is 0.160. The molecule has 4 rings (SSSR count). The first-order valence-electron chi connectivity index (χ1n) is 12.4. The smallest absolute Gasteiger partial charge is 0.215 e. The van der Waals surface area contributed by atoms with E-state index in [1.807, 2.05) is 23.1 Å². The largest absolute Gasteiger partial charge is 0.394 e. The molecule has 7 N–H and O–H groups in total. The van der Waals surface area contributed by atoms with Crippen LogP contribution >= 0.6 is 45.2 Å². The summed E-state index contributed by atoms with van der Waals surface area (Å²) in [5.74, 6) is 1.91. The van der Waals surface area contributed by atoms with Crippen LogP contribution in [-0.2, 0) is 9.47 Å². The van der Waals surface area contributed by atoms with Crippen LogP contribution in [-0.4, -0.2) is 122 Å². The number of anilines is 3. The van der Waals surface area contributed by atoms with E-state index in [1.54, 1.807) is 0 Å². The Morgan fingerprint density at radius 3 is 1.77 bits per heavy atom. The number of nitrogens with two attached hydrogens (primary N) is 1. The number of aliphatic hydroxyl groups excluding tert-OH is 4. The standard InChI is InChI=1S/C12H18IN3O3.C9H10FIN2O.C3H9NO2/c13-9-5-11(14-7-10(18)8-17)15-12(6-9)16-1-3-19-4-2-16;10-8-5-7(11)6-9(12-8)13-1-3-14-4-2-13;4-1-3(6)2-5/h5-6,10,17-18H,1-4,7-8H2,(H,14,15);5-6H,1-4H2;3,5-6H,1-2,4H2/t10-;;3-/m1.1/s1. The molecule has 2 aliphatic heterocycles. The van der Waals surface area contributed by atoms with Gasteiger partial charge >= 0.3 is 0 Å². The number of rotatable bonds is 8. The van der Waals surface area contributed by atoms with Crippen molar-refractivity contribution < 1.29 is 34.3 Å². The third-order valence-electron chi connectivity index (χ3n) is 5.40. The summed E-state index contributed by atoms with van der Waals surface area (Å²) in [6.45, 7) is 5.99. The lowest BCUT2D eigenvalue weighted by Gasteiger charge is -2.28. The van der Waals surface area contributed by atoms with E-state index in [0.717, 1.165) is 52.4 Å². The predicted octanol–water partition coefficient (Wildman–Crippen LogP) is 0.248. The van der Waals surface area contributed by atoms with Crippen LogP contribution in [0.15, 0.2) is 24.3 Å². The van der Waals surface area contributed by atoms with Gasteiger partial charge in [-0.1, -0.05) is 0 Å². The van der Waals surface area contributed by atoms with Crippen molar-refractivity contribution >= 4 is 62.6 Å². The number of aromatic nitrogens is 2. The molecule has 15 heteroatoms. The molecule has 2 saturated heterocycles. The third kappa shape index (κ3) is 13.3. The molecule has 39 heavy (non-hydrogen) atoms. The Labute approximate surface area is 255 Å². The number of pyridine rings is 2. The number of hydrogen-bond donors (Lipinski definition) is 6. The minimum absolute atomic E-state index is 0.135. The van der Waals surface area contributed by atoms with E-state index in [1.165, 1.54) is 6.07 Å². The van der Waals surface area contributed by atoms with E-state index in [9.17, 15) is 9.50 Å². The van der Waals surface area contributed by atoms with Gasteiger partial charge < -0.3 is 50.8 Å². The second kappa shape index (κ2) is 19.0. The summed E-state index contributed by atoms with van der Waals surface area (Å²) in [7, 11) is 0. The molecule has 0 saturated carbocycles. The molecule has 0 amide bonds. The summed E-state index contributed by atoms with van der Waals surface area (Å²) in [4.78, 5) is 12.6. The molecule has 0 aromatic carbocycles. The molecule has 2 aliphatic rings. The second-order valence-electron chi connectivity index (χ2n) is 8.48. The molecule has 0 aliphatic carbocycles. The Morgan fingerprint density at radius 1 is 0.846 bits per heavy atom. The van der Waals surface area contributed by atoms with Crippen LogP contribution in [0.4, 0.5) is 21.8 Å². The van der Waals surface area contributed by atoms with Gasteiger partial charge in [-0.25, -0.2) is 9.97 Å². The lowest BCUT2D eigenvalue weighted by molar-refractivity contribution is 0.102. The van der Waals surface area contributed by atoms with E-state index >= 15 is 0 Å². The fraction of sp³-hybridized carbons (Fsp3) is 0.583. The molecule has 220 valence electrons. The van der Waals surface area contributed by atoms with Gasteiger partial charge in [0.25, 0.3) is 0 Å². The zero-order valence-corrected chi connectivity index (χ0v) is 25.9. The Morgan fingerprint density at radius 2 is 1.33 bits per heavy atom. The molecular formula is C24H37FI2N6O6. The molecular weight excluding hydrogens is 741 g/mol. The van der Waals surface area contributed by atoms with Crippen molar-refractivity contribution in [2.24, 2.45) is 5.73 Å². The summed E-state index contributed by atoms with van der Waals surface area (Å²) in [5, 5.41) is 37.5. The first-order chi connectivity index (χ1) is 18.7. The maximum Gasteiger partial charge on any atom is 0.215 e. The molecule has 4 heterocycles. The number of aliphatic hydroxyl groups is 4. The summed E-state index contributed by atoms with van der Waals surface area (Å²) in [6.07, 6.45) is -1.50. The summed E-state index contributed by atoms with van der Waals surface area (Å²) in [5.41, 5.74) is 4.87. The van der Waals surface area contributed by atoms with Gasteiger partial charge in [0.15, 0.2) is 0 Å². The van der Waals surface area contributed by atoms with Crippen LogP contribution in [0.5, 0.6) is 0 Å². The normalized spacial score (nSPS) is 16.8. The summed E-state index contributed by atoms with van der Waals surface area (Å²) in [6, 6.07) is 7.24. The molecule has 0 spiro atoms. The van der Waals surface area contributed by atoms with Crippen LogP contribution in [0.25, 0.3) is 0 Å². The fourth-order valence-corrected chi connectivity index (χ4v) is 4.41. The Balaban J connectivity index is 0.000000234. The number of halogens is 3. The maximum atomic E-state index is 13.0. The van der Waals surface area contributed by atoms with Crippen molar-refractivity contribution in [3.8, 4) is 0 Å². The average Bonchev–Trinajstić information content (AvgIpc) is 2.96. The topological polar surface area (TPSA) is 170 Å².